The van der Waals surface area contributed by atoms with Crippen molar-refractivity contribution >= 4 is 35.6 Å². The minimum Gasteiger partial charge on any atom is -0.505 e. The number of aliphatic hydroxyl groups excluding tert-OH is 1. The summed E-state index contributed by atoms with van der Waals surface area (Å²) in [6.45, 7) is 0.708. The van der Waals surface area contributed by atoms with Gasteiger partial charge in [0.15, 0.2) is 5.75 Å². The van der Waals surface area contributed by atoms with Crippen molar-refractivity contribution in [1.29, 1.82) is 0 Å². The number of piperazine rings is 1. The maximum absolute atomic E-state index is 14.2. The molecule has 22 heavy (non-hydrogen) atoms. The Morgan fingerprint density at radius 2 is 1.73 bits per heavy atom. The fraction of sp³-hybridized carbons (Fsp3) is 0.538. The number of benzene rings is 1. The van der Waals surface area contributed by atoms with E-state index >= 15 is 0 Å². The minimum absolute atomic E-state index is 0. The molecule has 1 saturated heterocycles. The van der Waals surface area contributed by atoms with E-state index in [1.54, 1.807) is 4.90 Å². The van der Waals surface area contributed by atoms with Crippen molar-refractivity contribution in [3.8, 4) is 5.75 Å². The van der Waals surface area contributed by atoms with Crippen LogP contribution in [0, 0.1) is 0 Å². The molecule has 0 unspecified atom stereocenters. The number of phenols is 1. The van der Waals surface area contributed by atoms with Crippen molar-refractivity contribution in [3.05, 3.63) is 27.7 Å². The smallest absolute Gasteiger partial charge is 0.289 e. The first-order valence-corrected chi connectivity index (χ1v) is 7.24. The highest BCUT2D eigenvalue weighted by molar-refractivity contribution is 6.37. The van der Waals surface area contributed by atoms with Crippen LogP contribution < -0.4 is 5.32 Å². The molecule has 1 fully saturated rings. The number of aliphatic hydroxyl groups is 1. The summed E-state index contributed by atoms with van der Waals surface area (Å²) in [5.74, 6) is -3.69. The molecule has 1 aliphatic rings. The van der Waals surface area contributed by atoms with E-state index in [-0.39, 0.29) is 33.8 Å². The Morgan fingerprint density at radius 1 is 1.23 bits per heavy atom. The van der Waals surface area contributed by atoms with Crippen molar-refractivity contribution in [2.24, 2.45) is 0 Å². The van der Waals surface area contributed by atoms with E-state index in [0.717, 1.165) is 0 Å². The van der Waals surface area contributed by atoms with Crippen molar-refractivity contribution in [2.75, 3.05) is 32.8 Å². The molecular formula is C13H17Cl3F2N2O2. The van der Waals surface area contributed by atoms with Crippen LogP contribution in [0.25, 0.3) is 0 Å². The number of alkyl halides is 2. The third kappa shape index (κ3) is 4.13. The van der Waals surface area contributed by atoms with E-state index in [9.17, 15) is 13.9 Å². The Morgan fingerprint density at radius 3 is 2.18 bits per heavy atom. The molecule has 0 bridgehead atoms. The second-order valence-electron chi connectivity index (χ2n) is 4.94. The summed E-state index contributed by atoms with van der Waals surface area (Å²) in [6.07, 6.45) is 0. The molecule has 3 N–H and O–H groups in total. The van der Waals surface area contributed by atoms with E-state index < -0.39 is 18.6 Å². The van der Waals surface area contributed by atoms with E-state index in [2.05, 4.69) is 5.32 Å². The highest BCUT2D eigenvalue weighted by Gasteiger charge is 2.44. The normalized spacial score (nSPS) is 17.9. The molecule has 2 rings (SSSR count). The van der Waals surface area contributed by atoms with Gasteiger partial charge in [-0.05, 0) is 17.7 Å². The van der Waals surface area contributed by atoms with E-state index in [1.807, 2.05) is 0 Å². The van der Waals surface area contributed by atoms with Gasteiger partial charge in [0.25, 0.3) is 5.92 Å². The molecule has 1 aromatic rings. The molecule has 1 aromatic carbocycles. The summed E-state index contributed by atoms with van der Waals surface area (Å²) in [7, 11) is 0. The predicted molar refractivity (Wildman–Crippen MR) is 84.6 cm³/mol. The summed E-state index contributed by atoms with van der Waals surface area (Å²) >= 11 is 11.6. The Labute approximate surface area is 143 Å². The number of halogens is 5. The zero-order valence-electron chi connectivity index (χ0n) is 11.5. The topological polar surface area (TPSA) is 55.7 Å². The average molecular weight is 378 g/mol. The molecule has 0 amide bonds. The van der Waals surface area contributed by atoms with Crippen LogP contribution in [-0.2, 0) is 0 Å². The maximum atomic E-state index is 14.2. The Balaban J connectivity index is 0.00000242. The predicted octanol–water partition coefficient (Wildman–Crippen LogP) is 2.69. The van der Waals surface area contributed by atoms with Crippen LogP contribution in [-0.4, -0.2) is 53.8 Å². The van der Waals surface area contributed by atoms with Gasteiger partial charge in [-0.2, -0.15) is 0 Å². The monoisotopic (exact) mass is 376 g/mol. The summed E-state index contributed by atoms with van der Waals surface area (Å²) in [5, 5.41) is 21.5. The Bertz CT molecular complexity index is 491. The van der Waals surface area contributed by atoms with Crippen LogP contribution in [0.15, 0.2) is 12.1 Å². The van der Waals surface area contributed by atoms with Gasteiger partial charge in [0.05, 0.1) is 10.0 Å². The molecule has 1 aliphatic heterocycles. The Hall–Kier alpha value is -0.370. The van der Waals surface area contributed by atoms with Crippen LogP contribution >= 0.6 is 35.6 Å². The molecule has 4 nitrogen and oxygen atoms in total. The quantitative estimate of drug-likeness (QED) is 0.755. The van der Waals surface area contributed by atoms with Gasteiger partial charge in [-0.25, -0.2) is 8.78 Å². The zero-order chi connectivity index (χ0) is 15.6. The summed E-state index contributed by atoms with van der Waals surface area (Å²) in [6, 6.07) is 1.18. The van der Waals surface area contributed by atoms with Gasteiger partial charge in [0, 0.05) is 26.2 Å². The lowest BCUT2D eigenvalue weighted by Crippen LogP contribution is -2.51. The fourth-order valence-electron chi connectivity index (χ4n) is 2.49. The van der Waals surface area contributed by atoms with Gasteiger partial charge in [0.1, 0.15) is 12.6 Å². The van der Waals surface area contributed by atoms with Crippen molar-refractivity contribution in [3.63, 3.8) is 0 Å². The number of nitrogens with one attached hydrogen (secondary N) is 1. The number of aromatic hydroxyl groups is 1. The molecule has 0 radical (unpaired) electrons. The largest absolute Gasteiger partial charge is 0.505 e. The molecule has 0 saturated carbocycles. The van der Waals surface area contributed by atoms with Crippen LogP contribution in [0.3, 0.4) is 0 Å². The second kappa shape index (κ2) is 7.95. The number of phenolic OH excluding ortho intramolecular Hbond substituents is 1. The van der Waals surface area contributed by atoms with Crippen molar-refractivity contribution in [2.45, 2.75) is 12.0 Å². The molecule has 0 aromatic heterocycles. The molecule has 1 heterocycles. The van der Waals surface area contributed by atoms with Gasteiger partial charge >= 0.3 is 0 Å². The van der Waals surface area contributed by atoms with Gasteiger partial charge in [0.2, 0.25) is 0 Å². The van der Waals surface area contributed by atoms with Gasteiger partial charge in [-0.1, -0.05) is 23.2 Å². The lowest BCUT2D eigenvalue weighted by atomic mass is 9.98. The highest BCUT2D eigenvalue weighted by Crippen LogP contribution is 2.41. The van der Waals surface area contributed by atoms with Gasteiger partial charge in [-0.15, -0.1) is 12.4 Å². The third-order valence-electron chi connectivity index (χ3n) is 3.48. The SMILES string of the molecule is Cl.OCC(F)(F)[C@H](c1cc(Cl)c(O)c(Cl)c1)N1CCNCC1. The van der Waals surface area contributed by atoms with Crippen LogP contribution in [0.1, 0.15) is 11.6 Å². The first-order valence-electron chi connectivity index (χ1n) is 6.48. The van der Waals surface area contributed by atoms with Crippen LogP contribution in [0.4, 0.5) is 8.78 Å². The molecule has 0 spiro atoms. The third-order valence-corrected chi connectivity index (χ3v) is 4.06. The minimum atomic E-state index is -3.35. The maximum Gasteiger partial charge on any atom is 0.289 e. The first kappa shape index (κ1) is 19.7. The first-order chi connectivity index (χ1) is 9.86. The molecule has 9 heteroatoms. The van der Waals surface area contributed by atoms with E-state index in [0.29, 0.717) is 26.2 Å². The van der Waals surface area contributed by atoms with Crippen molar-refractivity contribution < 1.29 is 19.0 Å². The molecule has 0 aliphatic carbocycles. The van der Waals surface area contributed by atoms with Crippen LogP contribution in [0.5, 0.6) is 5.75 Å². The number of hydrogen-bond donors (Lipinski definition) is 3. The molecular weight excluding hydrogens is 361 g/mol. The second-order valence-corrected chi connectivity index (χ2v) is 5.76. The summed E-state index contributed by atoms with van der Waals surface area (Å²) in [4.78, 5) is 1.58. The van der Waals surface area contributed by atoms with E-state index in [1.165, 1.54) is 12.1 Å². The van der Waals surface area contributed by atoms with Gasteiger partial charge < -0.3 is 15.5 Å². The average Bonchev–Trinajstić information content (AvgIpc) is 2.46. The van der Waals surface area contributed by atoms with Crippen molar-refractivity contribution in [1.82, 2.24) is 10.2 Å². The van der Waals surface area contributed by atoms with E-state index in [4.69, 9.17) is 28.3 Å². The number of rotatable bonds is 4. The lowest BCUT2D eigenvalue weighted by Gasteiger charge is -2.38. The zero-order valence-corrected chi connectivity index (χ0v) is 13.9. The lowest BCUT2D eigenvalue weighted by molar-refractivity contribution is -0.118. The number of hydrogen-bond acceptors (Lipinski definition) is 4. The standard InChI is InChI=1S/C13H16Cl2F2N2O2.ClH/c14-9-5-8(6-10(15)11(9)21)12(13(16,17)7-20)19-3-1-18-2-4-19;/h5-6,12,18,20-21H,1-4,7H2;1H/t12-;/m0./s1. The summed E-state index contributed by atoms with van der Waals surface area (Å²) in [5.41, 5.74) is 0.170. The Kier molecular flexibility index (Phi) is 7.11. The number of nitrogens with zero attached hydrogens (tertiary/aromatic N) is 1. The fourth-order valence-corrected chi connectivity index (χ4v) is 3.00. The molecule has 1 atom stereocenters. The van der Waals surface area contributed by atoms with Crippen LogP contribution in [0.2, 0.25) is 10.0 Å². The van der Waals surface area contributed by atoms with Gasteiger partial charge in [-0.3, -0.25) is 4.90 Å². The highest BCUT2D eigenvalue weighted by atomic mass is 35.5. The summed E-state index contributed by atoms with van der Waals surface area (Å²) < 4.78 is 28.4. The molecule has 126 valence electrons.